The number of fused-ring (bicyclic) bond motifs is 1. The molecule has 0 aliphatic rings. The van der Waals surface area contributed by atoms with Crippen molar-refractivity contribution in [3.8, 4) is 11.5 Å². The van der Waals surface area contributed by atoms with Crippen molar-refractivity contribution in [2.75, 3.05) is 14.2 Å². The number of hydrogen-bond donors (Lipinski definition) is 1. The van der Waals surface area contributed by atoms with E-state index in [0.29, 0.717) is 21.7 Å². The van der Waals surface area contributed by atoms with Gasteiger partial charge in [0.15, 0.2) is 11.5 Å². The Morgan fingerprint density at radius 1 is 1.19 bits per heavy atom. The van der Waals surface area contributed by atoms with E-state index >= 15 is 0 Å². The minimum absolute atomic E-state index is 0.281. The molecule has 7 heteroatoms. The number of para-hydroxylation sites is 1. The van der Waals surface area contributed by atoms with Crippen LogP contribution in [0.2, 0.25) is 0 Å². The summed E-state index contributed by atoms with van der Waals surface area (Å²) in [6.07, 6.45) is 1.55. The predicted octanol–water partition coefficient (Wildman–Crippen LogP) is 3.72. The number of aromatic nitrogens is 1. The van der Waals surface area contributed by atoms with Crippen LogP contribution in [0.1, 0.15) is 16.1 Å². The van der Waals surface area contributed by atoms with Crippen molar-refractivity contribution in [3.63, 3.8) is 0 Å². The van der Waals surface area contributed by atoms with Crippen molar-refractivity contribution in [2.24, 2.45) is 12.1 Å². The highest BCUT2D eigenvalue weighted by Gasteiger charge is 2.13. The van der Waals surface area contributed by atoms with Gasteiger partial charge in [0.05, 0.1) is 24.9 Å². The first-order valence-corrected chi connectivity index (χ1v) is 8.64. The summed E-state index contributed by atoms with van der Waals surface area (Å²) in [6.45, 7) is 0. The van der Waals surface area contributed by atoms with Crippen molar-refractivity contribution in [2.45, 2.75) is 0 Å². The Balaban J connectivity index is 1.80. The molecule has 0 radical (unpaired) electrons. The molecule has 0 saturated heterocycles. The van der Waals surface area contributed by atoms with Crippen LogP contribution in [-0.2, 0) is 7.05 Å². The number of carbonyl (C=O) groups excluding carboxylic acids is 1. The van der Waals surface area contributed by atoms with Gasteiger partial charge in [0.2, 0.25) is 0 Å². The van der Waals surface area contributed by atoms with Crippen molar-refractivity contribution in [3.05, 3.63) is 58.2 Å². The van der Waals surface area contributed by atoms with Gasteiger partial charge in [0, 0.05) is 23.5 Å². The minimum Gasteiger partial charge on any atom is -0.493 e. The average Bonchev–Trinajstić information content (AvgIpc) is 3.00. The molecule has 134 valence electrons. The average molecular weight is 416 g/mol. The maximum Gasteiger partial charge on any atom is 0.287 e. The lowest BCUT2D eigenvalue weighted by Crippen LogP contribution is -2.20. The maximum absolute atomic E-state index is 12.4. The van der Waals surface area contributed by atoms with Gasteiger partial charge in [-0.05, 0) is 40.2 Å². The van der Waals surface area contributed by atoms with Gasteiger partial charge in [-0.25, -0.2) is 5.43 Å². The zero-order valence-electron chi connectivity index (χ0n) is 14.6. The van der Waals surface area contributed by atoms with Gasteiger partial charge in [-0.2, -0.15) is 5.10 Å². The minimum atomic E-state index is -0.281. The smallest absolute Gasteiger partial charge is 0.287 e. The summed E-state index contributed by atoms with van der Waals surface area (Å²) in [7, 11) is 4.99. The molecule has 6 nitrogen and oxygen atoms in total. The Kier molecular flexibility index (Phi) is 5.27. The van der Waals surface area contributed by atoms with Crippen molar-refractivity contribution >= 4 is 39.0 Å². The topological polar surface area (TPSA) is 64.8 Å². The molecule has 3 rings (SSSR count). The number of halogens is 1. The molecule has 2 aromatic carbocycles. The number of aryl methyl sites for hydroxylation is 1. The lowest BCUT2D eigenvalue weighted by Gasteiger charge is -2.10. The maximum atomic E-state index is 12.4. The number of benzene rings is 2. The molecule has 0 unspecified atom stereocenters. The highest BCUT2D eigenvalue weighted by atomic mass is 79.9. The lowest BCUT2D eigenvalue weighted by molar-refractivity contribution is 0.0947. The normalized spacial score (nSPS) is 11.1. The summed E-state index contributed by atoms with van der Waals surface area (Å²) in [5.74, 6) is 0.893. The number of amides is 1. The third-order valence-corrected chi connectivity index (χ3v) is 4.89. The van der Waals surface area contributed by atoms with Gasteiger partial charge < -0.3 is 14.0 Å². The van der Waals surface area contributed by atoms with Crippen LogP contribution in [0.25, 0.3) is 10.9 Å². The van der Waals surface area contributed by atoms with Crippen molar-refractivity contribution in [1.29, 1.82) is 0 Å². The molecule has 0 fully saturated rings. The molecule has 1 heterocycles. The summed E-state index contributed by atoms with van der Waals surface area (Å²) in [5.41, 5.74) is 4.84. The monoisotopic (exact) mass is 415 g/mol. The Bertz CT molecular complexity index is 995. The second-order valence-electron chi connectivity index (χ2n) is 5.55. The number of ether oxygens (including phenoxy) is 2. The van der Waals surface area contributed by atoms with Crippen LogP contribution < -0.4 is 14.9 Å². The lowest BCUT2D eigenvalue weighted by atomic mass is 10.2. The fraction of sp³-hybridized carbons (Fsp3) is 0.158. The second-order valence-corrected chi connectivity index (χ2v) is 6.34. The highest BCUT2D eigenvalue weighted by Crippen LogP contribution is 2.36. The third kappa shape index (κ3) is 3.30. The van der Waals surface area contributed by atoms with Crippen LogP contribution in [-0.4, -0.2) is 30.9 Å². The highest BCUT2D eigenvalue weighted by molar-refractivity contribution is 9.10. The molecule has 0 atom stereocenters. The Labute approximate surface area is 159 Å². The molecule has 3 aromatic rings. The van der Waals surface area contributed by atoms with Crippen molar-refractivity contribution in [1.82, 2.24) is 9.99 Å². The Hall–Kier alpha value is -2.80. The molecular weight excluding hydrogens is 398 g/mol. The number of hydrazone groups is 1. The van der Waals surface area contributed by atoms with E-state index in [1.54, 1.807) is 26.5 Å². The molecule has 1 N–H and O–H groups in total. The van der Waals surface area contributed by atoms with Crippen LogP contribution in [0.4, 0.5) is 0 Å². The molecule has 0 saturated carbocycles. The summed E-state index contributed by atoms with van der Waals surface area (Å²) >= 11 is 3.47. The quantitative estimate of drug-likeness (QED) is 0.509. The molecular formula is C19H18BrN3O3. The first-order chi connectivity index (χ1) is 12.6. The molecule has 0 bridgehead atoms. The van der Waals surface area contributed by atoms with Crippen LogP contribution in [0.5, 0.6) is 11.5 Å². The number of methoxy groups -OCH3 is 2. The van der Waals surface area contributed by atoms with Crippen molar-refractivity contribution < 1.29 is 14.3 Å². The first kappa shape index (κ1) is 18.0. The first-order valence-electron chi connectivity index (χ1n) is 7.85. The molecule has 0 spiro atoms. The second kappa shape index (κ2) is 7.61. The summed E-state index contributed by atoms with van der Waals surface area (Å²) in [4.78, 5) is 12.4. The van der Waals surface area contributed by atoms with Gasteiger partial charge in [0.25, 0.3) is 5.91 Å². The zero-order chi connectivity index (χ0) is 18.7. The number of nitrogens with one attached hydrogen (secondary N) is 1. The Morgan fingerprint density at radius 3 is 2.65 bits per heavy atom. The standard InChI is InChI=1S/C19H18BrN3O3/c1-23-14-7-5-4-6-12(14)10-15(23)19(24)22-21-11-13-8-9-16(25-2)18(26-3)17(13)20/h4-11H,1-3H3,(H,22,24)/b21-11+. The van der Waals surface area contributed by atoms with Gasteiger partial charge in [-0.3, -0.25) is 4.79 Å². The van der Waals surface area contributed by atoms with E-state index in [1.807, 2.05) is 48.0 Å². The van der Waals surface area contributed by atoms with Crippen LogP contribution in [0.15, 0.2) is 52.0 Å². The zero-order valence-corrected chi connectivity index (χ0v) is 16.2. The molecule has 0 aliphatic carbocycles. The van der Waals surface area contributed by atoms with Crippen LogP contribution >= 0.6 is 15.9 Å². The SMILES string of the molecule is COc1ccc(/C=N/NC(=O)c2cc3ccccc3n2C)c(Br)c1OC. The van der Waals surface area contributed by atoms with Crippen LogP contribution in [0, 0.1) is 0 Å². The van der Waals surface area contributed by atoms with E-state index in [4.69, 9.17) is 9.47 Å². The Morgan fingerprint density at radius 2 is 1.96 bits per heavy atom. The third-order valence-electron chi connectivity index (χ3n) is 4.07. The number of hydrogen-bond acceptors (Lipinski definition) is 4. The molecule has 26 heavy (non-hydrogen) atoms. The predicted molar refractivity (Wildman–Crippen MR) is 105 cm³/mol. The van der Waals surface area contributed by atoms with E-state index in [-0.39, 0.29) is 5.91 Å². The van der Waals surface area contributed by atoms with E-state index in [9.17, 15) is 4.79 Å². The summed E-state index contributed by atoms with van der Waals surface area (Å²) in [6, 6.07) is 13.3. The summed E-state index contributed by atoms with van der Waals surface area (Å²) < 4.78 is 13.1. The van der Waals surface area contributed by atoms with Crippen LogP contribution in [0.3, 0.4) is 0 Å². The molecule has 0 aliphatic heterocycles. The fourth-order valence-electron chi connectivity index (χ4n) is 2.73. The fourth-order valence-corrected chi connectivity index (χ4v) is 3.32. The van der Waals surface area contributed by atoms with E-state index in [1.165, 1.54) is 0 Å². The van der Waals surface area contributed by atoms with E-state index in [2.05, 4.69) is 26.5 Å². The number of carbonyl (C=O) groups is 1. The number of rotatable bonds is 5. The van der Waals surface area contributed by atoms with E-state index < -0.39 is 0 Å². The largest absolute Gasteiger partial charge is 0.493 e. The van der Waals surface area contributed by atoms with Gasteiger partial charge in [-0.15, -0.1) is 0 Å². The van der Waals surface area contributed by atoms with Gasteiger partial charge in [0.1, 0.15) is 5.69 Å². The number of nitrogens with zero attached hydrogens (tertiary/aromatic N) is 2. The molecule has 1 amide bonds. The summed E-state index contributed by atoms with van der Waals surface area (Å²) in [5, 5.41) is 5.06. The molecule has 1 aromatic heterocycles. The van der Waals surface area contributed by atoms with Gasteiger partial charge >= 0.3 is 0 Å². The van der Waals surface area contributed by atoms with Gasteiger partial charge in [-0.1, -0.05) is 18.2 Å². The van der Waals surface area contributed by atoms with E-state index in [0.717, 1.165) is 16.5 Å².